The van der Waals surface area contributed by atoms with Crippen LogP contribution in [0.3, 0.4) is 0 Å². The molecule has 1 N–H and O–H groups in total. The van der Waals surface area contributed by atoms with Gasteiger partial charge in [0.05, 0.1) is 29.4 Å². The third-order valence-electron chi connectivity index (χ3n) is 11.2. The minimum absolute atomic E-state index is 0.0237. The van der Waals surface area contributed by atoms with E-state index >= 15 is 0 Å². The summed E-state index contributed by atoms with van der Waals surface area (Å²) in [4.78, 5) is 16.0. The quantitative estimate of drug-likeness (QED) is 0.390. The van der Waals surface area contributed by atoms with Crippen LogP contribution in [0.5, 0.6) is 5.75 Å². The van der Waals surface area contributed by atoms with Gasteiger partial charge in [-0.3, -0.25) is 4.79 Å². The van der Waals surface area contributed by atoms with Crippen molar-refractivity contribution in [1.29, 1.82) is 0 Å². The molecule has 10 heteroatoms. The number of methoxy groups -OCH3 is 1. The van der Waals surface area contributed by atoms with Gasteiger partial charge in [0.2, 0.25) is 0 Å². The normalized spacial score (nSPS) is 33.3. The molecule has 2 fully saturated rings. The van der Waals surface area contributed by atoms with Crippen LogP contribution in [0.15, 0.2) is 53.4 Å². The average Bonchev–Trinajstić information content (AvgIpc) is 3.14. The molecule has 0 radical (unpaired) electrons. The monoisotopic (exact) mass is 668 g/mol. The number of allylic oxidation sites excluding steroid dienone is 1. The van der Waals surface area contributed by atoms with E-state index in [-0.39, 0.29) is 28.4 Å². The van der Waals surface area contributed by atoms with Crippen molar-refractivity contribution >= 4 is 33.2 Å². The zero-order chi connectivity index (χ0) is 32.1. The molecule has 2 bridgehead atoms. The molecule has 3 aliphatic carbocycles. The summed E-state index contributed by atoms with van der Waals surface area (Å²) >= 11 is 6.43. The summed E-state index contributed by atoms with van der Waals surface area (Å²) in [7, 11) is -2.41. The number of sulfonamides is 1. The minimum atomic E-state index is -4.18. The maximum atomic E-state index is 13.8. The molecule has 1 spiro atoms. The predicted molar refractivity (Wildman–Crippen MR) is 178 cm³/mol. The van der Waals surface area contributed by atoms with Gasteiger partial charge in [-0.05, 0) is 117 Å². The Morgan fingerprint density at radius 2 is 1.93 bits per heavy atom. The number of rotatable bonds is 3. The topological polar surface area (TPSA) is 94.2 Å². The van der Waals surface area contributed by atoms with Crippen molar-refractivity contribution in [2.75, 3.05) is 31.7 Å². The minimum Gasteiger partial charge on any atom is -0.490 e. The summed E-state index contributed by atoms with van der Waals surface area (Å²) in [5.41, 5.74) is 2.99. The van der Waals surface area contributed by atoms with Crippen LogP contribution in [0, 0.1) is 17.8 Å². The van der Waals surface area contributed by atoms with Crippen LogP contribution in [0.1, 0.15) is 69.4 Å². The summed E-state index contributed by atoms with van der Waals surface area (Å²) in [6, 6.07) is 11.2. The number of carbonyl (C=O) groups is 1. The van der Waals surface area contributed by atoms with Crippen LogP contribution < -0.4 is 14.4 Å². The van der Waals surface area contributed by atoms with Crippen molar-refractivity contribution < 1.29 is 27.4 Å². The van der Waals surface area contributed by atoms with E-state index in [4.69, 9.17) is 25.8 Å². The van der Waals surface area contributed by atoms with Crippen LogP contribution in [0.4, 0.5) is 5.69 Å². The van der Waals surface area contributed by atoms with Gasteiger partial charge in [0.1, 0.15) is 11.9 Å². The number of aryl methyl sites for hydroxylation is 1. The van der Waals surface area contributed by atoms with Gasteiger partial charge < -0.3 is 19.1 Å². The molecule has 2 aliphatic heterocycles. The summed E-state index contributed by atoms with van der Waals surface area (Å²) < 4.78 is 48.8. The maximum Gasteiger partial charge on any atom is 0.264 e. The standard InChI is InChI=1S/C36H45ClN2O6S/c1-23-6-3-10-32(43-2)29-14-11-25(29)20-39-21-36(17-5-7-24-18-26(37)12-15-30(24)36)22-44-33-16-13-28(19-31(33)39)46(41,42)38-35(40)34(23)45-27-8-4-9-27/h3,10,12-13,15-16,18-19,23,25,27,29,32,34H,4-9,11,14,17,20-22H2,1-2H3,(H,38,40)/b10-3+/t23-,25-,29?,32-,34+,36-/m0/s1. The second-order valence-corrected chi connectivity index (χ2v) is 16.3. The van der Waals surface area contributed by atoms with Gasteiger partial charge in [-0.15, -0.1) is 0 Å². The number of benzene rings is 2. The third kappa shape index (κ3) is 6.09. The highest BCUT2D eigenvalue weighted by Gasteiger charge is 2.45. The zero-order valence-electron chi connectivity index (χ0n) is 26.8. The first-order valence-electron chi connectivity index (χ1n) is 16.9. The smallest absolute Gasteiger partial charge is 0.264 e. The number of hydrogen-bond donors (Lipinski definition) is 1. The van der Waals surface area contributed by atoms with Crippen molar-refractivity contribution in [1.82, 2.24) is 4.72 Å². The highest BCUT2D eigenvalue weighted by atomic mass is 35.5. The fourth-order valence-electron chi connectivity index (χ4n) is 8.16. The summed E-state index contributed by atoms with van der Waals surface area (Å²) in [6.45, 7) is 3.88. The molecule has 0 saturated heterocycles. The Labute approximate surface area is 277 Å². The summed E-state index contributed by atoms with van der Waals surface area (Å²) in [5, 5.41) is 0.737. The van der Waals surface area contributed by atoms with Gasteiger partial charge in [0.15, 0.2) is 0 Å². The fraction of sp³-hybridized carbons (Fsp3) is 0.583. The first-order valence-corrected chi connectivity index (χ1v) is 18.7. The molecule has 2 saturated carbocycles. The molecule has 2 aromatic rings. The summed E-state index contributed by atoms with van der Waals surface area (Å²) in [6.07, 6.45) is 11.8. The van der Waals surface area contributed by atoms with Gasteiger partial charge in [-0.25, -0.2) is 13.1 Å². The molecule has 2 aromatic carbocycles. The number of nitrogens with zero attached hydrogens (tertiary/aromatic N) is 1. The number of carbonyl (C=O) groups excluding carboxylic acids is 1. The lowest BCUT2D eigenvalue weighted by Gasteiger charge is -2.46. The molecular formula is C36H45ClN2O6S. The van der Waals surface area contributed by atoms with Gasteiger partial charge in [-0.2, -0.15) is 0 Å². The molecule has 5 aliphatic rings. The number of anilines is 1. The SMILES string of the molecule is CO[C@H]1/C=C/C[C@H](C)[C@@H](OC2CCC2)C(=O)NS(=O)(=O)c2ccc3c(c2)N(C[C@@H]2CCC21)C[C@@]1(CCCc2cc(Cl)ccc21)CO3. The number of hydrogen-bond acceptors (Lipinski definition) is 7. The summed E-state index contributed by atoms with van der Waals surface area (Å²) in [5.74, 6) is 0.522. The first kappa shape index (κ1) is 32.0. The zero-order valence-corrected chi connectivity index (χ0v) is 28.3. The van der Waals surface area contributed by atoms with Gasteiger partial charge in [0, 0.05) is 30.6 Å². The largest absolute Gasteiger partial charge is 0.490 e. The number of amides is 1. The number of ether oxygens (including phenoxy) is 3. The van der Waals surface area contributed by atoms with Crippen LogP contribution in [0.25, 0.3) is 0 Å². The second kappa shape index (κ2) is 12.8. The highest BCUT2D eigenvalue weighted by Crippen LogP contribution is 2.47. The molecule has 8 nitrogen and oxygen atoms in total. The predicted octanol–water partition coefficient (Wildman–Crippen LogP) is 6.19. The van der Waals surface area contributed by atoms with E-state index in [1.165, 1.54) is 11.1 Å². The van der Waals surface area contributed by atoms with Gasteiger partial charge >= 0.3 is 0 Å². The van der Waals surface area contributed by atoms with Gasteiger partial charge in [0.25, 0.3) is 15.9 Å². The van der Waals surface area contributed by atoms with Crippen LogP contribution in [-0.2, 0) is 36.1 Å². The second-order valence-electron chi connectivity index (χ2n) is 14.2. The maximum absolute atomic E-state index is 13.8. The van der Waals surface area contributed by atoms with E-state index in [1.54, 1.807) is 25.3 Å². The Morgan fingerprint density at radius 3 is 2.67 bits per heavy atom. The van der Waals surface area contributed by atoms with E-state index in [0.29, 0.717) is 37.2 Å². The van der Waals surface area contributed by atoms with Gasteiger partial charge in [-0.1, -0.05) is 36.7 Å². The molecule has 2 heterocycles. The van der Waals surface area contributed by atoms with Crippen molar-refractivity contribution in [2.24, 2.45) is 17.8 Å². The van der Waals surface area contributed by atoms with E-state index in [1.807, 2.05) is 13.0 Å². The first-order chi connectivity index (χ1) is 22.2. The molecule has 0 aromatic heterocycles. The molecular weight excluding hydrogens is 624 g/mol. The van der Waals surface area contributed by atoms with E-state index in [2.05, 4.69) is 33.9 Å². The lowest BCUT2D eigenvalue weighted by atomic mass is 9.68. The Morgan fingerprint density at radius 1 is 1.09 bits per heavy atom. The van der Waals surface area contributed by atoms with Crippen LogP contribution in [0.2, 0.25) is 5.02 Å². The highest BCUT2D eigenvalue weighted by molar-refractivity contribution is 7.90. The Balaban J connectivity index is 1.29. The number of fused-ring (bicyclic) bond motifs is 4. The van der Waals surface area contributed by atoms with Crippen LogP contribution in [-0.4, -0.2) is 59.4 Å². The van der Waals surface area contributed by atoms with Crippen molar-refractivity contribution in [3.63, 3.8) is 0 Å². The lowest BCUT2D eigenvalue weighted by molar-refractivity contribution is -0.143. The average molecular weight is 669 g/mol. The Bertz CT molecular complexity index is 1610. The van der Waals surface area contributed by atoms with Crippen molar-refractivity contribution in [3.05, 3.63) is 64.7 Å². The fourth-order valence-corrected chi connectivity index (χ4v) is 9.37. The number of nitrogens with one attached hydrogen (secondary N) is 1. The Kier molecular flexibility index (Phi) is 8.89. The van der Waals surface area contributed by atoms with Crippen LogP contribution >= 0.6 is 11.6 Å². The van der Waals surface area contributed by atoms with E-state index in [0.717, 1.165) is 68.6 Å². The molecule has 6 atom stereocenters. The van der Waals surface area contributed by atoms with Crippen molar-refractivity contribution in [3.8, 4) is 5.75 Å². The molecule has 7 rings (SSSR count). The molecule has 46 heavy (non-hydrogen) atoms. The Hall–Kier alpha value is -2.59. The molecule has 1 unspecified atom stereocenters. The van der Waals surface area contributed by atoms with Crippen molar-refractivity contribution in [2.45, 2.75) is 93.3 Å². The third-order valence-corrected chi connectivity index (χ3v) is 12.8. The lowest BCUT2D eigenvalue weighted by Crippen LogP contribution is -2.49. The van der Waals surface area contributed by atoms with E-state index in [9.17, 15) is 13.2 Å². The molecule has 1 amide bonds. The molecule has 248 valence electrons. The van der Waals surface area contributed by atoms with E-state index < -0.39 is 22.0 Å². The number of halogens is 1.